The van der Waals surface area contributed by atoms with Crippen molar-refractivity contribution in [1.82, 2.24) is 9.88 Å². The molecule has 0 spiro atoms. The largest absolute Gasteiger partial charge is 0.445 e. The highest BCUT2D eigenvalue weighted by atomic mass is 16.6. The lowest BCUT2D eigenvalue weighted by Gasteiger charge is -2.23. The number of hydrogen-bond acceptors (Lipinski definition) is 4. The molecule has 1 aromatic carbocycles. The summed E-state index contributed by atoms with van der Waals surface area (Å²) in [7, 11) is 0. The van der Waals surface area contributed by atoms with E-state index >= 15 is 0 Å². The number of hydrogen-bond donors (Lipinski definition) is 1. The lowest BCUT2D eigenvalue weighted by atomic mass is 10.2. The van der Waals surface area contributed by atoms with Crippen LogP contribution in [0.25, 0.3) is 0 Å². The van der Waals surface area contributed by atoms with E-state index in [1.54, 1.807) is 12.3 Å². The van der Waals surface area contributed by atoms with Gasteiger partial charge in [0, 0.05) is 12.7 Å². The number of ether oxygens (including phenoxy) is 1. The Morgan fingerprint density at radius 1 is 1.24 bits per heavy atom. The molecule has 1 atom stereocenters. The second-order valence-corrected chi connectivity index (χ2v) is 6.10. The quantitative estimate of drug-likeness (QED) is 0.929. The van der Waals surface area contributed by atoms with Gasteiger partial charge in [-0.3, -0.25) is 9.69 Å². The minimum atomic E-state index is -0.522. The molecule has 6 nitrogen and oxygen atoms in total. The fraction of sp³-hybridized carbons (Fsp3) is 0.316. The van der Waals surface area contributed by atoms with Crippen molar-refractivity contribution < 1.29 is 14.3 Å². The summed E-state index contributed by atoms with van der Waals surface area (Å²) in [4.78, 5) is 30.5. The molecule has 1 N–H and O–H groups in total. The van der Waals surface area contributed by atoms with Gasteiger partial charge in [0.1, 0.15) is 18.5 Å². The first-order valence-corrected chi connectivity index (χ1v) is 8.34. The van der Waals surface area contributed by atoms with Gasteiger partial charge in [-0.15, -0.1) is 0 Å². The highest BCUT2D eigenvalue weighted by Crippen LogP contribution is 2.20. The van der Waals surface area contributed by atoms with Gasteiger partial charge in [0.15, 0.2) is 0 Å². The molecule has 1 aliphatic heterocycles. The molecular formula is C19H21N3O3. The van der Waals surface area contributed by atoms with Gasteiger partial charge in [0.2, 0.25) is 5.91 Å². The van der Waals surface area contributed by atoms with Gasteiger partial charge < -0.3 is 10.1 Å². The Hall–Kier alpha value is -2.89. The van der Waals surface area contributed by atoms with Crippen LogP contribution < -0.4 is 5.32 Å². The Morgan fingerprint density at radius 3 is 2.76 bits per heavy atom. The van der Waals surface area contributed by atoms with Crippen LogP contribution >= 0.6 is 0 Å². The molecule has 1 saturated heterocycles. The maximum absolute atomic E-state index is 12.5. The fourth-order valence-corrected chi connectivity index (χ4v) is 2.81. The van der Waals surface area contributed by atoms with Crippen molar-refractivity contribution in [3.8, 4) is 0 Å². The Balaban J connectivity index is 1.58. The number of nitrogens with one attached hydrogen (secondary N) is 1. The summed E-state index contributed by atoms with van der Waals surface area (Å²) in [6.07, 6.45) is 2.63. The zero-order valence-corrected chi connectivity index (χ0v) is 14.1. The van der Waals surface area contributed by atoms with Crippen molar-refractivity contribution >= 4 is 17.8 Å². The molecule has 0 bridgehead atoms. The van der Waals surface area contributed by atoms with Crippen LogP contribution in [0.4, 0.5) is 10.6 Å². The van der Waals surface area contributed by atoms with E-state index in [-0.39, 0.29) is 12.5 Å². The third-order valence-electron chi connectivity index (χ3n) is 4.16. The lowest BCUT2D eigenvalue weighted by Crippen LogP contribution is -2.43. The number of pyridine rings is 1. The van der Waals surface area contributed by atoms with E-state index in [1.807, 2.05) is 43.3 Å². The summed E-state index contributed by atoms with van der Waals surface area (Å²) in [6, 6.07) is 12.6. The van der Waals surface area contributed by atoms with Gasteiger partial charge in [0.25, 0.3) is 0 Å². The van der Waals surface area contributed by atoms with E-state index in [2.05, 4.69) is 10.3 Å². The van der Waals surface area contributed by atoms with Crippen LogP contribution in [0.1, 0.15) is 24.0 Å². The Labute approximate surface area is 146 Å². The topological polar surface area (TPSA) is 71.5 Å². The molecule has 0 aliphatic carbocycles. The molecule has 1 aromatic heterocycles. The third kappa shape index (κ3) is 4.35. The summed E-state index contributed by atoms with van der Waals surface area (Å²) < 4.78 is 5.35. The van der Waals surface area contributed by atoms with E-state index in [0.717, 1.165) is 17.5 Å². The maximum atomic E-state index is 12.5. The van der Waals surface area contributed by atoms with Gasteiger partial charge in [-0.2, -0.15) is 0 Å². The monoisotopic (exact) mass is 339 g/mol. The average Bonchev–Trinajstić information content (AvgIpc) is 3.12. The number of nitrogens with zero attached hydrogens (tertiary/aromatic N) is 2. The maximum Gasteiger partial charge on any atom is 0.410 e. The first-order valence-electron chi connectivity index (χ1n) is 8.34. The van der Waals surface area contributed by atoms with Gasteiger partial charge in [-0.05, 0) is 37.0 Å². The van der Waals surface area contributed by atoms with E-state index in [1.165, 1.54) is 4.90 Å². The number of aromatic nitrogens is 1. The Morgan fingerprint density at radius 2 is 2.04 bits per heavy atom. The first kappa shape index (κ1) is 17.0. The predicted octanol–water partition coefficient (Wildman–Crippen LogP) is 3.13. The highest BCUT2D eigenvalue weighted by Gasteiger charge is 2.35. The van der Waals surface area contributed by atoms with Crippen LogP contribution in [0.3, 0.4) is 0 Å². The number of aryl methyl sites for hydroxylation is 1. The molecule has 1 aliphatic rings. The van der Waals surface area contributed by atoms with Crippen molar-refractivity contribution in [2.24, 2.45) is 0 Å². The van der Waals surface area contributed by atoms with Crippen molar-refractivity contribution in [2.45, 2.75) is 32.4 Å². The van der Waals surface area contributed by atoms with E-state index in [4.69, 9.17) is 4.74 Å². The van der Waals surface area contributed by atoms with Crippen LogP contribution in [0, 0.1) is 6.92 Å². The standard InChI is InChI=1S/C19H21N3O3/c1-14-9-10-17(20-12-14)21-18(23)16-8-5-11-22(16)19(24)25-13-15-6-3-2-4-7-15/h2-4,6-7,9-10,12,16H,5,8,11,13H2,1H3,(H,20,21,23)/t16-/m0/s1. The fourth-order valence-electron chi connectivity index (χ4n) is 2.81. The van der Waals surface area contributed by atoms with Crippen LogP contribution in [0.2, 0.25) is 0 Å². The molecule has 1 fully saturated rings. The van der Waals surface area contributed by atoms with Crippen molar-refractivity contribution in [1.29, 1.82) is 0 Å². The smallest absolute Gasteiger partial charge is 0.410 e. The SMILES string of the molecule is Cc1ccc(NC(=O)[C@@H]2CCCN2C(=O)OCc2ccccc2)nc1. The van der Waals surface area contributed by atoms with Crippen LogP contribution in [0.15, 0.2) is 48.7 Å². The molecule has 3 rings (SSSR count). The summed E-state index contributed by atoms with van der Waals surface area (Å²) in [5, 5.41) is 2.77. The van der Waals surface area contributed by atoms with Gasteiger partial charge in [0.05, 0.1) is 0 Å². The number of likely N-dealkylation sites (tertiary alicyclic amines) is 1. The molecule has 25 heavy (non-hydrogen) atoms. The highest BCUT2D eigenvalue weighted by molar-refractivity contribution is 5.96. The molecule has 2 aromatic rings. The summed E-state index contributed by atoms with van der Waals surface area (Å²) in [5.74, 6) is 0.255. The molecule has 0 radical (unpaired) electrons. The van der Waals surface area contributed by atoms with Crippen LogP contribution in [0.5, 0.6) is 0 Å². The zero-order chi connectivity index (χ0) is 17.6. The molecule has 6 heteroatoms. The Bertz CT molecular complexity index is 731. The Kier molecular flexibility index (Phi) is 5.28. The van der Waals surface area contributed by atoms with E-state index in [9.17, 15) is 9.59 Å². The average molecular weight is 339 g/mol. The number of carbonyl (C=O) groups is 2. The number of amides is 2. The van der Waals surface area contributed by atoms with Gasteiger partial charge >= 0.3 is 6.09 Å². The lowest BCUT2D eigenvalue weighted by molar-refractivity contribution is -0.120. The van der Waals surface area contributed by atoms with Gasteiger partial charge in [-0.25, -0.2) is 9.78 Å². The van der Waals surface area contributed by atoms with E-state index < -0.39 is 12.1 Å². The zero-order valence-electron chi connectivity index (χ0n) is 14.1. The number of anilines is 1. The molecule has 2 heterocycles. The minimum Gasteiger partial charge on any atom is -0.445 e. The summed E-state index contributed by atoms with van der Waals surface area (Å²) >= 11 is 0. The third-order valence-corrected chi connectivity index (χ3v) is 4.16. The molecule has 0 unspecified atom stereocenters. The molecule has 0 saturated carbocycles. The number of benzene rings is 1. The predicted molar refractivity (Wildman–Crippen MR) is 94.0 cm³/mol. The normalized spacial score (nSPS) is 16.5. The van der Waals surface area contributed by atoms with Crippen LogP contribution in [-0.4, -0.2) is 34.5 Å². The van der Waals surface area contributed by atoms with Crippen molar-refractivity contribution in [3.05, 3.63) is 59.8 Å². The van der Waals surface area contributed by atoms with Crippen molar-refractivity contribution in [3.63, 3.8) is 0 Å². The first-order chi connectivity index (χ1) is 12.1. The van der Waals surface area contributed by atoms with Gasteiger partial charge in [-0.1, -0.05) is 36.4 Å². The number of rotatable bonds is 4. The molecule has 130 valence electrons. The van der Waals surface area contributed by atoms with Crippen molar-refractivity contribution in [2.75, 3.05) is 11.9 Å². The second kappa shape index (κ2) is 7.79. The van der Waals surface area contributed by atoms with E-state index in [0.29, 0.717) is 18.8 Å². The minimum absolute atomic E-state index is 0.198. The second-order valence-electron chi connectivity index (χ2n) is 6.10. The summed E-state index contributed by atoms with van der Waals surface area (Å²) in [6.45, 7) is 2.65. The molecule has 2 amide bonds. The summed E-state index contributed by atoms with van der Waals surface area (Å²) in [5.41, 5.74) is 1.94. The number of carbonyl (C=O) groups excluding carboxylic acids is 2. The molecular weight excluding hydrogens is 318 g/mol. The van der Waals surface area contributed by atoms with Crippen LogP contribution in [-0.2, 0) is 16.1 Å².